The van der Waals surface area contributed by atoms with E-state index in [1.54, 1.807) is 17.7 Å². The van der Waals surface area contributed by atoms with Crippen LogP contribution in [0.3, 0.4) is 0 Å². The topological polar surface area (TPSA) is 70.8 Å². The maximum absolute atomic E-state index is 13.7. The van der Waals surface area contributed by atoms with Crippen LogP contribution in [-0.4, -0.2) is 74.8 Å². The molecular formula is C25H31F3N4O3. The van der Waals surface area contributed by atoms with E-state index in [-0.39, 0.29) is 29.7 Å². The molecule has 0 radical (unpaired) electrons. The van der Waals surface area contributed by atoms with Crippen molar-refractivity contribution in [1.29, 1.82) is 0 Å². The predicted octanol–water partition coefficient (Wildman–Crippen LogP) is 4.02. The molecule has 3 aliphatic rings. The third-order valence-corrected chi connectivity index (χ3v) is 7.55. The van der Waals surface area contributed by atoms with E-state index in [0.717, 1.165) is 44.3 Å². The maximum Gasteiger partial charge on any atom is 0.573 e. The first-order valence-electron chi connectivity index (χ1n) is 12.3. The molecule has 7 nitrogen and oxygen atoms in total. The van der Waals surface area contributed by atoms with Crippen LogP contribution in [0.25, 0.3) is 5.69 Å². The van der Waals surface area contributed by atoms with Gasteiger partial charge < -0.3 is 14.7 Å². The molecule has 5 rings (SSSR count). The van der Waals surface area contributed by atoms with Crippen LogP contribution in [0.15, 0.2) is 24.3 Å². The lowest BCUT2D eigenvalue weighted by Gasteiger charge is -2.39. The monoisotopic (exact) mass is 492 g/mol. The number of halogens is 3. The van der Waals surface area contributed by atoms with Crippen molar-refractivity contribution in [1.82, 2.24) is 19.6 Å². The van der Waals surface area contributed by atoms with E-state index >= 15 is 0 Å². The number of aliphatic hydroxyl groups is 1. The summed E-state index contributed by atoms with van der Waals surface area (Å²) in [6.07, 6.45) is -0.737. The van der Waals surface area contributed by atoms with Gasteiger partial charge in [0.1, 0.15) is 5.75 Å². The van der Waals surface area contributed by atoms with Crippen molar-refractivity contribution in [3.63, 3.8) is 0 Å². The van der Waals surface area contributed by atoms with Gasteiger partial charge in [-0.1, -0.05) is 6.07 Å². The second kappa shape index (κ2) is 9.13. The summed E-state index contributed by atoms with van der Waals surface area (Å²) in [5.74, 6) is -0.223. The minimum atomic E-state index is -4.78. The second-order valence-corrected chi connectivity index (χ2v) is 9.93. The van der Waals surface area contributed by atoms with Crippen molar-refractivity contribution in [2.75, 3.05) is 19.6 Å². The number of ether oxygens (including phenoxy) is 1. The van der Waals surface area contributed by atoms with Crippen LogP contribution in [0.1, 0.15) is 66.7 Å². The summed E-state index contributed by atoms with van der Waals surface area (Å²) in [5.41, 5.74) is 2.36. The molecule has 190 valence electrons. The third kappa shape index (κ3) is 4.91. The molecule has 3 heterocycles. The summed E-state index contributed by atoms with van der Waals surface area (Å²) in [6, 6.07) is 6.22. The largest absolute Gasteiger partial charge is 0.573 e. The molecule has 2 aromatic rings. The quantitative estimate of drug-likeness (QED) is 0.683. The zero-order valence-electron chi connectivity index (χ0n) is 20.0. The Morgan fingerprint density at radius 3 is 2.43 bits per heavy atom. The van der Waals surface area contributed by atoms with Crippen molar-refractivity contribution >= 4 is 5.91 Å². The Kier molecular flexibility index (Phi) is 6.29. The Balaban J connectivity index is 1.37. The molecule has 1 N–H and O–H groups in total. The first kappa shape index (κ1) is 24.1. The van der Waals surface area contributed by atoms with E-state index in [0.29, 0.717) is 36.1 Å². The maximum atomic E-state index is 13.7. The highest BCUT2D eigenvalue weighted by atomic mass is 19.4. The van der Waals surface area contributed by atoms with Crippen molar-refractivity contribution in [2.24, 2.45) is 0 Å². The molecule has 1 amide bonds. The van der Waals surface area contributed by atoms with Gasteiger partial charge in [0.25, 0.3) is 5.91 Å². The number of hydrogen-bond acceptors (Lipinski definition) is 5. The summed E-state index contributed by atoms with van der Waals surface area (Å²) < 4.78 is 43.9. The summed E-state index contributed by atoms with van der Waals surface area (Å²) in [7, 11) is 0. The van der Waals surface area contributed by atoms with Gasteiger partial charge in [-0.15, -0.1) is 13.2 Å². The first-order chi connectivity index (χ1) is 16.6. The van der Waals surface area contributed by atoms with Crippen LogP contribution in [0.2, 0.25) is 0 Å². The molecule has 0 spiro atoms. The second-order valence-electron chi connectivity index (χ2n) is 9.93. The number of rotatable bonds is 5. The molecular weight excluding hydrogens is 461 g/mol. The van der Waals surface area contributed by atoms with Crippen molar-refractivity contribution in [2.45, 2.75) is 76.4 Å². The highest BCUT2D eigenvalue weighted by molar-refractivity contribution is 5.97. The molecule has 3 fully saturated rings. The van der Waals surface area contributed by atoms with E-state index < -0.39 is 6.36 Å². The van der Waals surface area contributed by atoms with E-state index in [1.165, 1.54) is 18.2 Å². The van der Waals surface area contributed by atoms with Gasteiger partial charge in [0, 0.05) is 43.7 Å². The number of alkyl halides is 3. The Hall–Kier alpha value is -2.59. The van der Waals surface area contributed by atoms with Gasteiger partial charge in [-0.25, -0.2) is 4.68 Å². The van der Waals surface area contributed by atoms with Gasteiger partial charge in [0.15, 0.2) is 0 Å². The summed E-state index contributed by atoms with van der Waals surface area (Å²) in [4.78, 5) is 17.9. The molecule has 1 saturated carbocycles. The van der Waals surface area contributed by atoms with Crippen LogP contribution in [-0.2, 0) is 0 Å². The number of carbonyl (C=O) groups is 1. The van der Waals surface area contributed by atoms with E-state index in [2.05, 4.69) is 21.7 Å². The molecule has 1 aliphatic carbocycles. The smallest absolute Gasteiger partial charge is 0.406 e. The molecule has 35 heavy (non-hydrogen) atoms. The molecule has 2 aliphatic heterocycles. The molecule has 2 atom stereocenters. The first-order valence-corrected chi connectivity index (χ1v) is 12.3. The van der Waals surface area contributed by atoms with Gasteiger partial charge in [-0.2, -0.15) is 5.10 Å². The molecule has 2 saturated heterocycles. The average Bonchev–Trinajstić information content (AvgIpc) is 3.52. The number of amides is 1. The standard InChI is InChI=1S/C25H31F3N4O3/c1-15-22(24(34)30-11-8-18(9-12-30)31-13-10-21(33)16(31)2)23(17-6-7-17)32(29-15)19-4-3-5-20(14-19)35-25(26,27)28/h3-5,14,16-18,21,33H,6-13H2,1-2H3/t16-,21+/m1/s1. The third-order valence-electron chi connectivity index (χ3n) is 7.55. The van der Waals surface area contributed by atoms with E-state index in [9.17, 15) is 23.1 Å². The number of carbonyl (C=O) groups excluding carboxylic acids is 1. The summed E-state index contributed by atoms with van der Waals surface area (Å²) in [5, 5.41) is 14.7. The predicted molar refractivity (Wildman–Crippen MR) is 123 cm³/mol. The van der Waals surface area contributed by atoms with Crippen LogP contribution in [0.5, 0.6) is 5.75 Å². The fraction of sp³-hybridized carbons (Fsp3) is 0.600. The van der Waals surface area contributed by atoms with Crippen molar-refractivity contribution < 1.29 is 27.8 Å². The number of likely N-dealkylation sites (tertiary alicyclic amines) is 2. The molecule has 10 heteroatoms. The average molecular weight is 493 g/mol. The van der Waals surface area contributed by atoms with Gasteiger partial charge in [0.2, 0.25) is 0 Å². The Morgan fingerprint density at radius 1 is 1.11 bits per heavy atom. The highest BCUT2D eigenvalue weighted by Crippen LogP contribution is 2.44. The minimum Gasteiger partial charge on any atom is -0.406 e. The molecule has 1 aromatic heterocycles. The summed E-state index contributed by atoms with van der Waals surface area (Å²) in [6.45, 7) is 5.99. The van der Waals surface area contributed by atoms with Crippen LogP contribution < -0.4 is 4.74 Å². The van der Waals surface area contributed by atoms with Crippen molar-refractivity contribution in [3.05, 3.63) is 41.2 Å². The summed E-state index contributed by atoms with van der Waals surface area (Å²) >= 11 is 0. The SMILES string of the molecule is Cc1nn(-c2cccc(OC(F)(F)F)c2)c(C2CC2)c1C(=O)N1CCC(N2CC[C@H](O)[C@H]2C)CC1. The number of piperidine rings is 1. The fourth-order valence-electron chi connectivity index (χ4n) is 5.57. The zero-order valence-corrected chi connectivity index (χ0v) is 20.0. The van der Waals surface area contributed by atoms with Crippen LogP contribution in [0.4, 0.5) is 13.2 Å². The van der Waals surface area contributed by atoms with Crippen LogP contribution in [0, 0.1) is 6.92 Å². The van der Waals surface area contributed by atoms with Gasteiger partial charge in [-0.3, -0.25) is 9.69 Å². The lowest BCUT2D eigenvalue weighted by Crippen LogP contribution is -2.48. The van der Waals surface area contributed by atoms with Gasteiger partial charge in [-0.05, 0) is 58.1 Å². The normalized spacial score (nSPS) is 24.2. The molecule has 0 unspecified atom stereocenters. The van der Waals surface area contributed by atoms with E-state index in [1.807, 2.05) is 4.90 Å². The number of aromatic nitrogens is 2. The van der Waals surface area contributed by atoms with Gasteiger partial charge >= 0.3 is 6.36 Å². The lowest BCUT2D eigenvalue weighted by atomic mass is 10.0. The number of hydrogen-bond donors (Lipinski definition) is 1. The lowest BCUT2D eigenvalue weighted by molar-refractivity contribution is -0.274. The highest BCUT2D eigenvalue weighted by Gasteiger charge is 2.39. The van der Waals surface area contributed by atoms with E-state index in [4.69, 9.17) is 0 Å². The molecule has 0 bridgehead atoms. The Labute approximate surface area is 202 Å². The molecule has 1 aromatic carbocycles. The number of benzene rings is 1. The fourth-order valence-corrected chi connectivity index (χ4v) is 5.57. The number of aliphatic hydroxyl groups excluding tert-OH is 1. The van der Waals surface area contributed by atoms with Gasteiger partial charge in [0.05, 0.1) is 28.7 Å². The zero-order chi connectivity index (χ0) is 24.9. The van der Waals surface area contributed by atoms with Crippen molar-refractivity contribution in [3.8, 4) is 11.4 Å². The Bertz CT molecular complexity index is 1090. The number of nitrogens with zero attached hydrogens (tertiary/aromatic N) is 4. The number of aryl methyl sites for hydroxylation is 1. The van der Waals surface area contributed by atoms with Crippen LogP contribution >= 0.6 is 0 Å². The minimum absolute atomic E-state index is 0.0636. The Morgan fingerprint density at radius 2 is 1.83 bits per heavy atom.